The summed E-state index contributed by atoms with van der Waals surface area (Å²) in [5.74, 6) is -1.18. The molecule has 0 N–H and O–H groups in total. The van der Waals surface area contributed by atoms with Gasteiger partial charge in [0.25, 0.3) is 0 Å². The average molecular weight is 296 g/mol. The highest BCUT2D eigenvalue weighted by molar-refractivity contribution is 5.82. The zero-order valence-corrected chi connectivity index (χ0v) is 13.5. The number of allylic oxidation sites excluding steroid dienone is 2. The lowest BCUT2D eigenvalue weighted by Crippen LogP contribution is -2.37. The van der Waals surface area contributed by atoms with Crippen LogP contribution in [0, 0.1) is 17.8 Å². The van der Waals surface area contributed by atoms with Crippen LogP contribution in [0.25, 0.3) is 0 Å². The van der Waals surface area contributed by atoms with Gasteiger partial charge in [-0.2, -0.15) is 0 Å². The van der Waals surface area contributed by atoms with Crippen LogP contribution in [0.15, 0.2) is 12.2 Å². The number of carbonyl (C=O) groups excluding carboxylic acids is 2. The van der Waals surface area contributed by atoms with E-state index in [1.165, 1.54) is 0 Å². The number of esters is 2. The molecule has 3 atom stereocenters. The summed E-state index contributed by atoms with van der Waals surface area (Å²) in [5.41, 5.74) is 0. The van der Waals surface area contributed by atoms with E-state index in [0.29, 0.717) is 19.6 Å². The van der Waals surface area contributed by atoms with Crippen LogP contribution < -0.4 is 0 Å². The molecule has 1 aliphatic rings. The third kappa shape index (κ3) is 5.52. The Morgan fingerprint density at radius 2 is 1.62 bits per heavy atom. The van der Waals surface area contributed by atoms with Gasteiger partial charge < -0.3 is 9.47 Å². The van der Waals surface area contributed by atoms with E-state index in [0.717, 1.165) is 25.7 Å². The molecule has 4 heteroatoms. The Labute approximate surface area is 127 Å². The molecule has 0 heterocycles. The van der Waals surface area contributed by atoms with Crippen LogP contribution in [0.2, 0.25) is 0 Å². The van der Waals surface area contributed by atoms with Crippen molar-refractivity contribution in [2.24, 2.45) is 17.8 Å². The van der Waals surface area contributed by atoms with E-state index in [-0.39, 0.29) is 23.8 Å². The van der Waals surface area contributed by atoms with Crippen molar-refractivity contribution in [3.63, 3.8) is 0 Å². The van der Waals surface area contributed by atoms with Gasteiger partial charge in [-0.1, -0.05) is 19.1 Å². The van der Waals surface area contributed by atoms with Gasteiger partial charge in [-0.3, -0.25) is 9.59 Å². The van der Waals surface area contributed by atoms with E-state index in [4.69, 9.17) is 9.47 Å². The second-order valence-electron chi connectivity index (χ2n) is 5.59. The van der Waals surface area contributed by atoms with E-state index in [2.05, 4.69) is 12.2 Å². The Kier molecular flexibility index (Phi) is 8.09. The maximum atomic E-state index is 12.3. The van der Waals surface area contributed by atoms with Crippen molar-refractivity contribution in [1.82, 2.24) is 0 Å². The molecule has 21 heavy (non-hydrogen) atoms. The summed E-state index contributed by atoms with van der Waals surface area (Å²) >= 11 is 0. The summed E-state index contributed by atoms with van der Waals surface area (Å²) in [6.07, 6.45) is 8.67. The number of ether oxygens (including phenoxy) is 2. The molecule has 0 spiro atoms. The van der Waals surface area contributed by atoms with Crippen molar-refractivity contribution in [3.05, 3.63) is 12.2 Å². The molecule has 0 saturated carbocycles. The fourth-order valence-corrected chi connectivity index (χ4v) is 2.95. The van der Waals surface area contributed by atoms with Crippen molar-refractivity contribution < 1.29 is 19.1 Å². The Balaban J connectivity index is 2.97. The monoisotopic (exact) mass is 296 g/mol. The molecule has 3 unspecified atom stereocenters. The number of hydrogen-bond acceptors (Lipinski definition) is 4. The van der Waals surface area contributed by atoms with E-state index in [1.54, 1.807) is 13.8 Å². The molecule has 120 valence electrons. The van der Waals surface area contributed by atoms with Gasteiger partial charge in [-0.15, -0.1) is 0 Å². The van der Waals surface area contributed by atoms with E-state index < -0.39 is 5.92 Å². The van der Waals surface area contributed by atoms with Gasteiger partial charge in [0.1, 0.15) is 0 Å². The molecule has 0 aromatic heterocycles. The van der Waals surface area contributed by atoms with Crippen LogP contribution in [0.5, 0.6) is 0 Å². The average Bonchev–Trinajstić information content (AvgIpc) is 2.45. The normalized spacial score (nSPS) is 26.9. The number of hydrogen-bond donors (Lipinski definition) is 0. The van der Waals surface area contributed by atoms with Gasteiger partial charge in [0, 0.05) is 0 Å². The van der Waals surface area contributed by atoms with Crippen molar-refractivity contribution in [2.75, 3.05) is 13.2 Å². The quantitative estimate of drug-likeness (QED) is 0.588. The zero-order valence-electron chi connectivity index (χ0n) is 13.5. The maximum Gasteiger partial charge on any atom is 0.310 e. The fraction of sp³-hybridized carbons (Fsp3) is 0.765. The third-order valence-corrected chi connectivity index (χ3v) is 4.04. The minimum absolute atomic E-state index is 0.112. The molecule has 0 saturated heterocycles. The van der Waals surface area contributed by atoms with Gasteiger partial charge in [0.05, 0.1) is 25.0 Å². The summed E-state index contributed by atoms with van der Waals surface area (Å²) in [4.78, 5) is 24.6. The lowest BCUT2D eigenvalue weighted by molar-refractivity contribution is -0.163. The highest BCUT2D eigenvalue weighted by atomic mass is 16.5. The molecular weight excluding hydrogens is 268 g/mol. The largest absolute Gasteiger partial charge is 0.466 e. The summed E-state index contributed by atoms with van der Waals surface area (Å²) in [6.45, 7) is 6.31. The van der Waals surface area contributed by atoms with E-state index in [1.807, 2.05) is 6.92 Å². The molecule has 0 aliphatic heterocycles. The van der Waals surface area contributed by atoms with Crippen LogP contribution in [-0.4, -0.2) is 25.2 Å². The van der Waals surface area contributed by atoms with Gasteiger partial charge in [-0.05, 0) is 51.9 Å². The van der Waals surface area contributed by atoms with Crippen LogP contribution in [0.4, 0.5) is 0 Å². The number of rotatable bonds is 4. The molecule has 4 nitrogen and oxygen atoms in total. The van der Waals surface area contributed by atoms with Gasteiger partial charge in [0.2, 0.25) is 0 Å². The van der Waals surface area contributed by atoms with Crippen molar-refractivity contribution in [2.45, 2.75) is 52.9 Å². The minimum Gasteiger partial charge on any atom is -0.466 e. The van der Waals surface area contributed by atoms with Crippen molar-refractivity contribution in [3.8, 4) is 0 Å². The molecule has 0 fully saturated rings. The molecule has 1 rings (SSSR count). The fourth-order valence-electron chi connectivity index (χ4n) is 2.95. The van der Waals surface area contributed by atoms with Crippen LogP contribution in [0.3, 0.4) is 0 Å². The molecule has 0 radical (unpaired) electrons. The predicted octanol–water partition coefficient (Wildman–Crippen LogP) is 3.50. The number of carbonyl (C=O) groups is 2. The van der Waals surface area contributed by atoms with Gasteiger partial charge in [-0.25, -0.2) is 0 Å². The highest BCUT2D eigenvalue weighted by Crippen LogP contribution is 2.32. The first-order valence-electron chi connectivity index (χ1n) is 8.10. The molecular formula is C17H28O4. The lowest BCUT2D eigenvalue weighted by atomic mass is 9.77. The van der Waals surface area contributed by atoms with Crippen LogP contribution in [0.1, 0.15) is 52.9 Å². The first-order chi connectivity index (χ1) is 10.1. The first-order valence-corrected chi connectivity index (χ1v) is 8.10. The summed E-state index contributed by atoms with van der Waals surface area (Å²) < 4.78 is 10.4. The smallest absolute Gasteiger partial charge is 0.310 e. The second kappa shape index (κ2) is 9.59. The predicted molar refractivity (Wildman–Crippen MR) is 81.6 cm³/mol. The van der Waals surface area contributed by atoms with Crippen LogP contribution in [-0.2, 0) is 19.1 Å². The van der Waals surface area contributed by atoms with Crippen molar-refractivity contribution >= 4 is 11.9 Å². The maximum absolute atomic E-state index is 12.3. The second-order valence-corrected chi connectivity index (χ2v) is 5.59. The standard InChI is InChI=1S/C17H28O4/c1-4-20-16(18)14-12-10-8-6-7-9-11-13(3)15(14)17(19)21-5-2/h6-7,13-15H,4-5,8-12H2,1-3H3. The lowest BCUT2D eigenvalue weighted by Gasteiger charge is -2.29. The van der Waals surface area contributed by atoms with E-state index in [9.17, 15) is 9.59 Å². The molecule has 0 bridgehead atoms. The zero-order chi connectivity index (χ0) is 15.7. The summed E-state index contributed by atoms with van der Waals surface area (Å²) in [7, 11) is 0. The van der Waals surface area contributed by atoms with Gasteiger partial charge in [0.15, 0.2) is 0 Å². The SMILES string of the molecule is CCOC(=O)C1CCCC=CCCC(C)C1C(=O)OCC. The first kappa shape index (κ1) is 17.7. The minimum atomic E-state index is -0.393. The highest BCUT2D eigenvalue weighted by Gasteiger charge is 2.38. The summed E-state index contributed by atoms with van der Waals surface area (Å²) in [6, 6.07) is 0. The van der Waals surface area contributed by atoms with E-state index >= 15 is 0 Å². The van der Waals surface area contributed by atoms with Crippen LogP contribution >= 0.6 is 0 Å². The summed E-state index contributed by atoms with van der Waals surface area (Å²) in [5, 5.41) is 0. The molecule has 0 aromatic rings. The Bertz CT molecular complexity index is 362. The Morgan fingerprint density at radius 1 is 1.00 bits per heavy atom. The topological polar surface area (TPSA) is 52.6 Å². The van der Waals surface area contributed by atoms with Crippen molar-refractivity contribution in [1.29, 1.82) is 0 Å². The molecule has 0 amide bonds. The molecule has 0 aromatic carbocycles. The third-order valence-electron chi connectivity index (χ3n) is 4.04. The van der Waals surface area contributed by atoms with Gasteiger partial charge >= 0.3 is 11.9 Å². The Hall–Kier alpha value is -1.32. The molecule has 1 aliphatic carbocycles. The Morgan fingerprint density at radius 3 is 2.29 bits per heavy atom.